The van der Waals surface area contributed by atoms with Crippen LogP contribution in [0, 0.1) is 0 Å². The van der Waals surface area contributed by atoms with Crippen molar-refractivity contribution in [3.63, 3.8) is 0 Å². The van der Waals surface area contributed by atoms with Crippen LogP contribution in [0.4, 0.5) is 11.6 Å². The molecule has 2 aliphatic rings. The summed E-state index contributed by atoms with van der Waals surface area (Å²) in [4.78, 5) is 52.6. The van der Waals surface area contributed by atoms with Crippen LogP contribution in [0.3, 0.4) is 0 Å². The average molecular weight is 698 g/mol. The van der Waals surface area contributed by atoms with E-state index in [0.29, 0.717) is 12.1 Å². The molecule has 4 heterocycles. The Morgan fingerprint density at radius 1 is 1.04 bits per heavy atom. The predicted molar refractivity (Wildman–Crippen MR) is 174 cm³/mol. The van der Waals surface area contributed by atoms with Gasteiger partial charge in [-0.3, -0.25) is 19.0 Å². The quantitative estimate of drug-likeness (QED) is 0.254. The Morgan fingerprint density at radius 3 is 2.38 bits per heavy atom. The Kier molecular flexibility index (Phi) is 8.78. The number of hydrogen-bond acceptors (Lipinski definition) is 8. The number of rotatable bonds is 10. The first-order valence-corrected chi connectivity index (χ1v) is 16.9. The van der Waals surface area contributed by atoms with Crippen molar-refractivity contribution in [2.45, 2.75) is 49.2 Å². The number of nitrogens with one attached hydrogen (secondary N) is 1. The Balaban J connectivity index is 1.41. The van der Waals surface area contributed by atoms with Crippen molar-refractivity contribution in [1.82, 2.24) is 29.1 Å². The van der Waals surface area contributed by atoms with E-state index in [1.54, 1.807) is 31.5 Å². The molecule has 1 fully saturated rings. The van der Waals surface area contributed by atoms with Gasteiger partial charge in [0.05, 0.1) is 11.9 Å². The van der Waals surface area contributed by atoms with E-state index in [4.69, 9.17) is 28.9 Å². The summed E-state index contributed by atoms with van der Waals surface area (Å²) in [5.74, 6) is -1.51. The van der Waals surface area contributed by atoms with E-state index in [-0.39, 0.29) is 53.4 Å². The lowest BCUT2D eigenvalue weighted by Crippen LogP contribution is -2.48. The van der Waals surface area contributed by atoms with Crippen LogP contribution in [0.25, 0.3) is 11.1 Å². The molecule has 47 heavy (non-hydrogen) atoms. The summed E-state index contributed by atoms with van der Waals surface area (Å²) < 4.78 is 31.3. The number of benzene rings is 2. The van der Waals surface area contributed by atoms with Crippen LogP contribution in [-0.4, -0.2) is 69.1 Å². The van der Waals surface area contributed by atoms with E-state index in [9.17, 15) is 22.8 Å². The summed E-state index contributed by atoms with van der Waals surface area (Å²) in [6.45, 7) is 1.72. The highest BCUT2D eigenvalue weighted by Crippen LogP contribution is 2.45. The zero-order chi connectivity index (χ0) is 33.5. The Morgan fingerprint density at radius 2 is 1.72 bits per heavy atom. The summed E-state index contributed by atoms with van der Waals surface area (Å²) in [6, 6.07) is 11.1. The van der Waals surface area contributed by atoms with E-state index in [1.165, 1.54) is 28.1 Å². The maximum atomic E-state index is 14.5. The third-order valence-corrected chi connectivity index (χ3v) is 10.6. The van der Waals surface area contributed by atoms with Crippen LogP contribution in [0.5, 0.6) is 0 Å². The Bertz CT molecular complexity index is 1950. The second-order valence-electron chi connectivity index (χ2n) is 11.6. The molecule has 3 N–H and O–H groups in total. The number of nitrogens with two attached hydrogens (primary N) is 1. The number of fused-ring (bicyclic) bond motifs is 1. The van der Waals surface area contributed by atoms with Crippen LogP contribution >= 0.6 is 23.2 Å². The molecule has 16 heteroatoms. The average Bonchev–Trinajstić information content (AvgIpc) is 3.75. The lowest BCUT2D eigenvalue weighted by atomic mass is 9.91. The highest BCUT2D eigenvalue weighted by Gasteiger charge is 2.53. The number of anilines is 2. The zero-order valence-electron chi connectivity index (χ0n) is 25.1. The van der Waals surface area contributed by atoms with Crippen LogP contribution in [0.2, 0.25) is 10.0 Å². The smallest absolute Gasteiger partial charge is 0.261 e. The molecule has 0 bridgehead atoms. The Labute approximate surface area is 280 Å². The summed E-state index contributed by atoms with van der Waals surface area (Å²) in [7, 11) is -4.37. The summed E-state index contributed by atoms with van der Waals surface area (Å²) in [6.07, 6.45) is 6.77. The van der Waals surface area contributed by atoms with Gasteiger partial charge >= 0.3 is 0 Å². The van der Waals surface area contributed by atoms with Crippen molar-refractivity contribution in [2.75, 3.05) is 18.0 Å². The van der Waals surface area contributed by atoms with Gasteiger partial charge in [0, 0.05) is 53.9 Å². The highest BCUT2D eigenvalue weighted by atomic mass is 35.5. The number of carbonyl (C=O) groups excluding carboxylic acids is 3. The molecule has 2 aromatic heterocycles. The van der Waals surface area contributed by atoms with Gasteiger partial charge in [-0.1, -0.05) is 47.5 Å². The molecule has 3 amide bonds. The van der Waals surface area contributed by atoms with Crippen molar-refractivity contribution in [2.24, 2.45) is 5.73 Å². The lowest BCUT2D eigenvalue weighted by molar-refractivity contribution is -0.125. The van der Waals surface area contributed by atoms with Gasteiger partial charge in [-0.05, 0) is 49.1 Å². The number of aromatic nitrogens is 4. The second-order valence-corrected chi connectivity index (χ2v) is 14.3. The van der Waals surface area contributed by atoms with Gasteiger partial charge in [0.25, 0.3) is 15.9 Å². The minimum atomic E-state index is -4.37. The summed E-state index contributed by atoms with van der Waals surface area (Å²) in [5.41, 5.74) is 6.47. The maximum Gasteiger partial charge on any atom is 0.261 e. The molecule has 13 nitrogen and oxygen atoms in total. The number of primary amides is 1. The molecule has 0 saturated carbocycles. The molecule has 6 rings (SSSR count). The number of hydrogen-bond donors (Lipinski definition) is 2. The molecule has 1 saturated heterocycles. The number of sulfonamides is 1. The predicted octanol–water partition coefficient (Wildman–Crippen LogP) is 3.43. The molecular weight excluding hydrogens is 667 g/mol. The molecule has 0 spiro atoms. The topological polar surface area (TPSA) is 173 Å². The second kappa shape index (κ2) is 12.7. The largest absolute Gasteiger partial charge is 0.370 e. The number of imidazole rings is 1. The van der Waals surface area contributed by atoms with Crippen molar-refractivity contribution in [1.29, 1.82) is 0 Å². The van der Waals surface area contributed by atoms with Crippen LogP contribution in [-0.2, 0) is 36.4 Å². The molecule has 2 atom stereocenters. The van der Waals surface area contributed by atoms with Crippen molar-refractivity contribution in [3.8, 4) is 11.1 Å². The van der Waals surface area contributed by atoms with Gasteiger partial charge in [-0.2, -0.15) is 4.31 Å². The molecule has 244 valence electrons. The molecule has 0 radical (unpaired) electrons. The SMILES string of the molecule is C[C@@]1(Cc2ccc(-c3cncnc3)cc2)C(=O)N(c2cc(Cl)cc(Cl)c2)c2ncc(S(=O)(=O)N3CCC[C@H]3C(=O)NCCC(N)=O)n21. The van der Waals surface area contributed by atoms with E-state index >= 15 is 0 Å². The van der Waals surface area contributed by atoms with E-state index < -0.39 is 39.3 Å². The standard InChI is InChI=1S/C31H30Cl2N8O5S/c1-31(14-19-4-6-20(7-5-19)21-15-35-18-36-16-21)29(44)40(24-12-22(32)11-23(33)13-24)30-38-17-27(41(30)31)47(45,46)39-10-2-3-25(39)28(43)37-9-8-26(34)42/h4-7,11-13,15-18,25H,2-3,8-10,14H2,1H3,(H2,34,42)(H,37,43)/t25-,31+/m0/s1. The van der Waals surface area contributed by atoms with E-state index in [1.807, 2.05) is 24.3 Å². The fourth-order valence-corrected chi connectivity index (χ4v) is 8.47. The highest BCUT2D eigenvalue weighted by molar-refractivity contribution is 7.89. The van der Waals surface area contributed by atoms with Gasteiger partial charge in [0.2, 0.25) is 17.8 Å². The molecular formula is C31H30Cl2N8O5S. The Hall–Kier alpha value is -4.37. The first kappa shape index (κ1) is 32.6. The van der Waals surface area contributed by atoms with Crippen molar-refractivity contribution >= 4 is 62.6 Å². The minimum absolute atomic E-state index is 0.0134. The van der Waals surface area contributed by atoms with Crippen LogP contribution in [0.15, 0.2) is 72.4 Å². The monoisotopic (exact) mass is 696 g/mol. The first-order chi connectivity index (χ1) is 22.4. The normalized spacial score (nSPS) is 19.6. The van der Waals surface area contributed by atoms with E-state index in [2.05, 4.69) is 20.3 Å². The summed E-state index contributed by atoms with van der Waals surface area (Å²) in [5, 5.41) is 2.92. The molecule has 4 aromatic rings. The van der Waals surface area contributed by atoms with Gasteiger partial charge < -0.3 is 11.1 Å². The van der Waals surface area contributed by atoms with Crippen molar-refractivity contribution in [3.05, 3.63) is 83.0 Å². The van der Waals surface area contributed by atoms with Crippen LogP contribution < -0.4 is 16.0 Å². The number of carbonyl (C=O) groups is 3. The molecule has 0 aliphatic carbocycles. The minimum Gasteiger partial charge on any atom is -0.370 e. The van der Waals surface area contributed by atoms with Gasteiger partial charge in [-0.25, -0.2) is 28.3 Å². The zero-order valence-corrected chi connectivity index (χ0v) is 27.5. The van der Waals surface area contributed by atoms with Crippen LogP contribution in [0.1, 0.15) is 31.7 Å². The van der Waals surface area contributed by atoms with E-state index in [0.717, 1.165) is 21.0 Å². The summed E-state index contributed by atoms with van der Waals surface area (Å²) >= 11 is 12.6. The van der Waals surface area contributed by atoms with Gasteiger partial charge in [-0.15, -0.1) is 0 Å². The lowest BCUT2D eigenvalue weighted by Gasteiger charge is -2.29. The maximum absolute atomic E-state index is 14.5. The number of halogens is 2. The van der Waals surface area contributed by atoms with Gasteiger partial charge in [0.15, 0.2) is 5.03 Å². The third kappa shape index (κ3) is 6.09. The molecule has 2 aromatic carbocycles. The fourth-order valence-electron chi connectivity index (χ4n) is 6.11. The third-order valence-electron chi connectivity index (χ3n) is 8.32. The van der Waals surface area contributed by atoms with Gasteiger partial charge in [0.1, 0.15) is 17.9 Å². The molecule has 0 unspecified atom stereocenters. The van der Waals surface area contributed by atoms with Crippen molar-refractivity contribution < 1.29 is 22.8 Å². The number of nitrogens with zero attached hydrogens (tertiary/aromatic N) is 6. The fraction of sp³-hybridized carbons (Fsp3) is 0.290. The number of amides is 3. The first-order valence-electron chi connectivity index (χ1n) is 14.7. The molecule has 2 aliphatic heterocycles.